The van der Waals surface area contributed by atoms with Gasteiger partial charge in [0.2, 0.25) is 11.8 Å². The van der Waals surface area contributed by atoms with E-state index < -0.39 is 0 Å². The Labute approximate surface area is 127 Å². The van der Waals surface area contributed by atoms with Gasteiger partial charge in [0, 0.05) is 17.6 Å². The third kappa shape index (κ3) is 3.59. The number of piperazine rings is 1. The third-order valence-electron chi connectivity index (χ3n) is 4.09. The summed E-state index contributed by atoms with van der Waals surface area (Å²) in [5.74, 6) is 0.390. The Balaban J connectivity index is 1.56. The van der Waals surface area contributed by atoms with Crippen LogP contribution >= 0.6 is 11.3 Å². The van der Waals surface area contributed by atoms with Crippen molar-refractivity contribution in [3.05, 3.63) is 11.1 Å². The highest BCUT2D eigenvalue weighted by atomic mass is 32.1. The van der Waals surface area contributed by atoms with Crippen molar-refractivity contribution in [3.63, 3.8) is 0 Å². The van der Waals surface area contributed by atoms with E-state index in [0.29, 0.717) is 17.6 Å². The Bertz CT molecular complexity index is 515. The second-order valence-corrected chi connectivity index (χ2v) is 6.69. The molecule has 1 saturated carbocycles. The first kappa shape index (κ1) is 14.5. The average Bonchev–Trinajstić information content (AvgIpc) is 2.97. The molecule has 1 aliphatic heterocycles. The summed E-state index contributed by atoms with van der Waals surface area (Å²) < 4.78 is 0. The van der Waals surface area contributed by atoms with Crippen molar-refractivity contribution < 1.29 is 9.59 Å². The van der Waals surface area contributed by atoms with Crippen LogP contribution in [0.15, 0.2) is 6.20 Å². The summed E-state index contributed by atoms with van der Waals surface area (Å²) in [7, 11) is 0. The summed E-state index contributed by atoms with van der Waals surface area (Å²) in [5, 5.41) is 9.08. The molecule has 1 saturated heterocycles. The number of aromatic nitrogens is 1. The van der Waals surface area contributed by atoms with Gasteiger partial charge < -0.3 is 10.6 Å². The molecule has 2 amide bonds. The first-order chi connectivity index (χ1) is 10.2. The molecule has 2 heterocycles. The molecule has 6 nitrogen and oxygen atoms in total. The molecule has 1 aromatic rings. The predicted octanol–water partition coefficient (Wildman–Crippen LogP) is 1.22. The van der Waals surface area contributed by atoms with Gasteiger partial charge in [-0.25, -0.2) is 4.98 Å². The second kappa shape index (κ2) is 6.53. The number of hydrogen-bond acceptors (Lipinski definition) is 5. The Hall–Kier alpha value is -1.47. The van der Waals surface area contributed by atoms with Crippen LogP contribution in [0.25, 0.3) is 0 Å². The molecule has 0 radical (unpaired) electrons. The highest BCUT2D eigenvalue weighted by molar-refractivity contribution is 7.15. The van der Waals surface area contributed by atoms with Gasteiger partial charge in [0.15, 0.2) is 5.13 Å². The summed E-state index contributed by atoms with van der Waals surface area (Å²) in [4.78, 5) is 28.7. The van der Waals surface area contributed by atoms with E-state index in [1.165, 1.54) is 37.0 Å². The monoisotopic (exact) mass is 308 g/mol. The normalized spacial score (nSPS) is 23.6. The quantitative estimate of drug-likeness (QED) is 0.784. The molecule has 1 aliphatic carbocycles. The van der Waals surface area contributed by atoms with Crippen molar-refractivity contribution in [2.24, 2.45) is 0 Å². The number of hydrogen-bond donors (Lipinski definition) is 3. The van der Waals surface area contributed by atoms with Gasteiger partial charge >= 0.3 is 0 Å². The standard InChI is InChI=1S/C14H20N4O2S/c19-12-8-15-10(6-16-12)13(20)18-14-17-7-11(21-14)9-4-2-1-3-5-9/h7,9-10,15H,1-6,8H2,(H,16,19)(H,17,18,20). The number of amides is 2. The Morgan fingerprint density at radius 1 is 1.33 bits per heavy atom. The van der Waals surface area contributed by atoms with E-state index in [1.54, 1.807) is 11.3 Å². The van der Waals surface area contributed by atoms with Gasteiger partial charge in [-0.2, -0.15) is 0 Å². The fraction of sp³-hybridized carbons (Fsp3) is 0.643. The smallest absolute Gasteiger partial charge is 0.245 e. The molecule has 7 heteroatoms. The lowest BCUT2D eigenvalue weighted by atomic mass is 9.89. The van der Waals surface area contributed by atoms with Gasteiger partial charge in [0.25, 0.3) is 0 Å². The van der Waals surface area contributed by atoms with E-state index in [1.807, 2.05) is 6.20 Å². The fourth-order valence-electron chi connectivity index (χ4n) is 2.86. The van der Waals surface area contributed by atoms with Crippen LogP contribution in [0.5, 0.6) is 0 Å². The molecule has 0 aromatic carbocycles. The van der Waals surface area contributed by atoms with Crippen molar-refractivity contribution in [3.8, 4) is 0 Å². The minimum absolute atomic E-state index is 0.0760. The number of carbonyl (C=O) groups excluding carboxylic acids is 2. The number of carbonyl (C=O) groups is 2. The largest absolute Gasteiger partial charge is 0.353 e. The van der Waals surface area contributed by atoms with E-state index in [0.717, 1.165) is 0 Å². The van der Waals surface area contributed by atoms with E-state index >= 15 is 0 Å². The molecular formula is C14H20N4O2S. The third-order valence-corrected chi connectivity index (χ3v) is 5.17. The average molecular weight is 308 g/mol. The number of nitrogens with zero attached hydrogens (tertiary/aromatic N) is 1. The van der Waals surface area contributed by atoms with Gasteiger partial charge in [-0.05, 0) is 18.8 Å². The summed E-state index contributed by atoms with van der Waals surface area (Å²) in [5.41, 5.74) is 0. The lowest BCUT2D eigenvalue weighted by molar-refractivity contribution is -0.124. The molecule has 2 aliphatic rings. The zero-order chi connectivity index (χ0) is 14.7. The molecule has 0 bridgehead atoms. The van der Waals surface area contributed by atoms with Crippen LogP contribution in [0, 0.1) is 0 Å². The fourth-order valence-corrected chi connectivity index (χ4v) is 3.85. The molecule has 3 N–H and O–H groups in total. The van der Waals surface area contributed by atoms with Crippen molar-refractivity contribution >= 4 is 28.3 Å². The first-order valence-corrected chi connectivity index (χ1v) is 8.30. The zero-order valence-corrected chi connectivity index (χ0v) is 12.7. The van der Waals surface area contributed by atoms with Crippen LogP contribution in [0.2, 0.25) is 0 Å². The Morgan fingerprint density at radius 3 is 2.86 bits per heavy atom. The topological polar surface area (TPSA) is 83.1 Å². The van der Waals surface area contributed by atoms with Crippen molar-refractivity contribution in [1.82, 2.24) is 15.6 Å². The van der Waals surface area contributed by atoms with E-state index in [-0.39, 0.29) is 24.4 Å². The maximum atomic E-state index is 12.1. The van der Waals surface area contributed by atoms with Crippen molar-refractivity contribution in [2.75, 3.05) is 18.4 Å². The van der Waals surface area contributed by atoms with E-state index in [9.17, 15) is 9.59 Å². The summed E-state index contributed by atoms with van der Waals surface area (Å²) in [6, 6.07) is -0.385. The molecule has 0 spiro atoms. The number of nitrogens with one attached hydrogen (secondary N) is 3. The summed E-state index contributed by atoms with van der Waals surface area (Å²) in [6.07, 6.45) is 8.26. The predicted molar refractivity (Wildman–Crippen MR) is 81.4 cm³/mol. The minimum Gasteiger partial charge on any atom is -0.353 e. The number of anilines is 1. The van der Waals surface area contributed by atoms with Crippen LogP contribution in [-0.4, -0.2) is 35.9 Å². The lowest BCUT2D eigenvalue weighted by Gasteiger charge is -2.22. The maximum absolute atomic E-state index is 12.1. The van der Waals surface area contributed by atoms with Crippen LogP contribution < -0.4 is 16.0 Å². The molecule has 21 heavy (non-hydrogen) atoms. The van der Waals surface area contributed by atoms with Crippen molar-refractivity contribution in [1.29, 1.82) is 0 Å². The molecule has 1 aromatic heterocycles. The summed E-state index contributed by atoms with van der Waals surface area (Å²) in [6.45, 7) is 0.509. The van der Waals surface area contributed by atoms with E-state index in [2.05, 4.69) is 20.9 Å². The van der Waals surface area contributed by atoms with Gasteiger partial charge in [-0.1, -0.05) is 19.3 Å². The van der Waals surface area contributed by atoms with Crippen LogP contribution in [-0.2, 0) is 9.59 Å². The summed E-state index contributed by atoms with van der Waals surface area (Å²) >= 11 is 1.57. The van der Waals surface area contributed by atoms with E-state index in [4.69, 9.17) is 0 Å². The second-order valence-electron chi connectivity index (χ2n) is 5.63. The van der Waals surface area contributed by atoms with Gasteiger partial charge in [0.1, 0.15) is 6.04 Å². The van der Waals surface area contributed by atoms with Gasteiger partial charge in [0.05, 0.1) is 6.54 Å². The van der Waals surface area contributed by atoms with Gasteiger partial charge in [-0.15, -0.1) is 11.3 Å². The van der Waals surface area contributed by atoms with Crippen LogP contribution in [0.4, 0.5) is 5.13 Å². The number of thiazole rings is 1. The zero-order valence-electron chi connectivity index (χ0n) is 11.9. The molecular weight excluding hydrogens is 288 g/mol. The highest BCUT2D eigenvalue weighted by Crippen LogP contribution is 2.36. The van der Waals surface area contributed by atoms with Crippen LogP contribution in [0.1, 0.15) is 42.9 Å². The lowest BCUT2D eigenvalue weighted by Crippen LogP contribution is -2.56. The van der Waals surface area contributed by atoms with Gasteiger partial charge in [-0.3, -0.25) is 14.9 Å². The molecule has 114 valence electrons. The molecule has 2 fully saturated rings. The highest BCUT2D eigenvalue weighted by Gasteiger charge is 2.25. The first-order valence-electron chi connectivity index (χ1n) is 7.49. The SMILES string of the molecule is O=C1CNC(C(=O)Nc2ncc(C3CCCCC3)s2)CN1. The number of rotatable bonds is 3. The molecule has 3 rings (SSSR count). The molecule has 1 atom stereocenters. The minimum atomic E-state index is -0.385. The van der Waals surface area contributed by atoms with Crippen molar-refractivity contribution in [2.45, 2.75) is 44.1 Å². The maximum Gasteiger partial charge on any atom is 0.245 e. The Kier molecular flexibility index (Phi) is 4.50. The molecule has 1 unspecified atom stereocenters. The van der Waals surface area contributed by atoms with Crippen LogP contribution in [0.3, 0.4) is 0 Å². The Morgan fingerprint density at radius 2 is 2.14 bits per heavy atom.